The average Bonchev–Trinajstić information content (AvgIpc) is 2.83. The van der Waals surface area contributed by atoms with E-state index in [2.05, 4.69) is 16.3 Å². The van der Waals surface area contributed by atoms with Gasteiger partial charge in [-0.2, -0.15) is 5.26 Å². The number of thiophene rings is 1. The molecule has 6 heteroatoms. The predicted octanol–water partition coefficient (Wildman–Crippen LogP) is 3.00. The van der Waals surface area contributed by atoms with Crippen molar-refractivity contribution in [1.29, 1.82) is 5.26 Å². The van der Waals surface area contributed by atoms with Gasteiger partial charge in [0.15, 0.2) is 0 Å². The van der Waals surface area contributed by atoms with Gasteiger partial charge in [-0.05, 0) is 31.2 Å². The first kappa shape index (κ1) is 14.7. The van der Waals surface area contributed by atoms with Crippen molar-refractivity contribution in [1.82, 2.24) is 4.90 Å². The van der Waals surface area contributed by atoms with Crippen molar-refractivity contribution >= 4 is 22.2 Å². The first-order valence-electron chi connectivity index (χ1n) is 6.89. The maximum Gasteiger partial charge on any atom is 0.259 e. The maximum atomic E-state index is 13.7. The Kier molecular flexibility index (Phi) is 3.92. The molecular formula is C16H14FN3OS. The van der Waals surface area contributed by atoms with Crippen LogP contribution in [0.4, 0.5) is 9.39 Å². The minimum atomic E-state index is -0.570. The third-order valence-electron chi connectivity index (χ3n) is 3.71. The van der Waals surface area contributed by atoms with E-state index in [0.717, 1.165) is 30.0 Å². The monoisotopic (exact) mass is 315 g/mol. The van der Waals surface area contributed by atoms with Crippen molar-refractivity contribution < 1.29 is 9.18 Å². The fourth-order valence-corrected chi connectivity index (χ4v) is 3.83. The number of hydrogen-bond acceptors (Lipinski definition) is 4. The van der Waals surface area contributed by atoms with Gasteiger partial charge in [-0.3, -0.25) is 4.79 Å². The Morgan fingerprint density at radius 2 is 2.23 bits per heavy atom. The summed E-state index contributed by atoms with van der Waals surface area (Å²) in [7, 11) is 2.02. The summed E-state index contributed by atoms with van der Waals surface area (Å²) in [6.07, 6.45) is 0.792. The van der Waals surface area contributed by atoms with E-state index in [9.17, 15) is 14.4 Å². The highest BCUT2D eigenvalue weighted by molar-refractivity contribution is 7.16. The summed E-state index contributed by atoms with van der Waals surface area (Å²) in [5.41, 5.74) is 1.50. The van der Waals surface area contributed by atoms with Crippen molar-refractivity contribution in [3.05, 3.63) is 51.7 Å². The van der Waals surface area contributed by atoms with Gasteiger partial charge in [-0.25, -0.2) is 4.39 Å². The zero-order chi connectivity index (χ0) is 15.7. The van der Waals surface area contributed by atoms with Crippen LogP contribution in [0.2, 0.25) is 0 Å². The van der Waals surface area contributed by atoms with Gasteiger partial charge in [0.2, 0.25) is 0 Å². The third-order valence-corrected chi connectivity index (χ3v) is 4.84. The molecule has 1 aromatic heterocycles. The SMILES string of the molecule is CN1CCc2c(sc(NC(=O)c3ccccc3F)c2C#N)C1. The summed E-state index contributed by atoms with van der Waals surface area (Å²) in [5, 5.41) is 12.6. The van der Waals surface area contributed by atoms with Crippen LogP contribution in [0.5, 0.6) is 0 Å². The van der Waals surface area contributed by atoms with Gasteiger partial charge in [0, 0.05) is 18.0 Å². The molecule has 1 N–H and O–H groups in total. The molecule has 0 fully saturated rings. The van der Waals surface area contributed by atoms with E-state index in [1.54, 1.807) is 6.07 Å². The highest BCUT2D eigenvalue weighted by Crippen LogP contribution is 2.36. The number of carbonyl (C=O) groups is 1. The largest absolute Gasteiger partial charge is 0.312 e. The molecule has 22 heavy (non-hydrogen) atoms. The van der Waals surface area contributed by atoms with E-state index in [0.29, 0.717) is 10.6 Å². The second-order valence-corrected chi connectivity index (χ2v) is 6.35. The zero-order valence-corrected chi connectivity index (χ0v) is 12.8. The molecule has 112 valence electrons. The Morgan fingerprint density at radius 3 is 2.95 bits per heavy atom. The smallest absolute Gasteiger partial charge is 0.259 e. The van der Waals surface area contributed by atoms with Crippen LogP contribution in [-0.4, -0.2) is 24.4 Å². The van der Waals surface area contributed by atoms with Gasteiger partial charge < -0.3 is 10.2 Å². The standard InChI is InChI=1S/C16H14FN3OS/c1-20-7-6-10-12(8-18)16(22-14(10)9-20)19-15(21)11-4-2-3-5-13(11)17/h2-5H,6-7,9H2,1H3,(H,19,21). The number of nitriles is 1. The number of nitrogens with zero attached hydrogens (tertiary/aromatic N) is 2. The number of benzene rings is 1. The number of amides is 1. The summed E-state index contributed by atoms with van der Waals surface area (Å²) in [4.78, 5) is 15.5. The highest BCUT2D eigenvalue weighted by atomic mass is 32.1. The van der Waals surface area contributed by atoms with Crippen molar-refractivity contribution in [3.63, 3.8) is 0 Å². The van der Waals surface area contributed by atoms with Crippen molar-refractivity contribution in [3.8, 4) is 6.07 Å². The topological polar surface area (TPSA) is 56.1 Å². The van der Waals surface area contributed by atoms with E-state index in [-0.39, 0.29) is 5.56 Å². The van der Waals surface area contributed by atoms with E-state index >= 15 is 0 Å². The lowest BCUT2D eigenvalue weighted by Gasteiger charge is -2.21. The second kappa shape index (κ2) is 5.87. The molecular weight excluding hydrogens is 301 g/mol. The van der Waals surface area contributed by atoms with Gasteiger partial charge in [0.1, 0.15) is 16.9 Å². The normalized spacial score (nSPS) is 14.2. The van der Waals surface area contributed by atoms with Crippen LogP contribution in [-0.2, 0) is 13.0 Å². The molecule has 0 atom stereocenters. The molecule has 4 nitrogen and oxygen atoms in total. The Bertz CT molecular complexity index is 778. The predicted molar refractivity (Wildman–Crippen MR) is 83.4 cm³/mol. The number of hydrogen-bond donors (Lipinski definition) is 1. The lowest BCUT2D eigenvalue weighted by Crippen LogP contribution is -2.25. The molecule has 0 spiro atoms. The Hall–Kier alpha value is -2.23. The first-order valence-corrected chi connectivity index (χ1v) is 7.71. The maximum absolute atomic E-state index is 13.7. The van der Waals surface area contributed by atoms with Crippen LogP contribution >= 0.6 is 11.3 Å². The molecule has 0 saturated heterocycles. The zero-order valence-electron chi connectivity index (χ0n) is 12.0. The summed E-state index contributed by atoms with van der Waals surface area (Å²) in [6.45, 7) is 1.66. The van der Waals surface area contributed by atoms with Crippen molar-refractivity contribution in [2.45, 2.75) is 13.0 Å². The number of halogens is 1. The Balaban J connectivity index is 1.92. The van der Waals surface area contributed by atoms with Gasteiger partial charge >= 0.3 is 0 Å². The summed E-state index contributed by atoms with van der Waals surface area (Å²) >= 11 is 1.40. The Labute approximate surface area is 131 Å². The van der Waals surface area contributed by atoms with Crippen LogP contribution in [0.25, 0.3) is 0 Å². The van der Waals surface area contributed by atoms with Gasteiger partial charge in [-0.1, -0.05) is 12.1 Å². The molecule has 3 rings (SSSR count). The Morgan fingerprint density at radius 1 is 1.45 bits per heavy atom. The van der Waals surface area contributed by atoms with E-state index in [1.807, 2.05) is 7.05 Å². The molecule has 0 radical (unpaired) electrons. The van der Waals surface area contributed by atoms with Crippen molar-refractivity contribution in [2.75, 3.05) is 18.9 Å². The molecule has 0 unspecified atom stereocenters. The third kappa shape index (κ3) is 2.61. The number of likely N-dealkylation sites (N-methyl/N-ethyl adjacent to an activating group) is 1. The second-order valence-electron chi connectivity index (χ2n) is 5.24. The molecule has 2 aromatic rings. The number of anilines is 1. The van der Waals surface area contributed by atoms with Crippen LogP contribution in [0.1, 0.15) is 26.4 Å². The molecule has 1 aliphatic heterocycles. The summed E-state index contributed by atoms with van der Waals surface area (Å²) in [5.74, 6) is -1.10. The van der Waals surface area contributed by atoms with Gasteiger partial charge in [0.25, 0.3) is 5.91 Å². The lowest BCUT2D eigenvalue weighted by atomic mass is 10.0. The number of nitrogens with one attached hydrogen (secondary N) is 1. The van der Waals surface area contributed by atoms with E-state index in [4.69, 9.17) is 0 Å². The summed E-state index contributed by atoms with van der Waals surface area (Å²) in [6, 6.07) is 7.99. The number of rotatable bonds is 2. The van der Waals surface area contributed by atoms with Crippen molar-refractivity contribution in [2.24, 2.45) is 0 Å². The summed E-state index contributed by atoms with van der Waals surface area (Å²) < 4.78 is 13.7. The van der Waals surface area contributed by atoms with E-state index < -0.39 is 11.7 Å². The fourth-order valence-electron chi connectivity index (χ4n) is 2.55. The minimum absolute atomic E-state index is 0.0186. The van der Waals surface area contributed by atoms with Gasteiger partial charge in [0.05, 0.1) is 11.1 Å². The number of fused-ring (bicyclic) bond motifs is 1. The molecule has 2 heterocycles. The molecule has 0 bridgehead atoms. The first-order chi connectivity index (χ1) is 10.6. The van der Waals surface area contributed by atoms with Crippen LogP contribution in [0.3, 0.4) is 0 Å². The number of carbonyl (C=O) groups excluding carboxylic acids is 1. The van der Waals surface area contributed by atoms with E-state index in [1.165, 1.54) is 29.5 Å². The molecule has 1 aromatic carbocycles. The molecule has 0 aliphatic carbocycles. The van der Waals surface area contributed by atoms with Gasteiger partial charge in [-0.15, -0.1) is 11.3 Å². The minimum Gasteiger partial charge on any atom is -0.312 e. The molecule has 0 saturated carbocycles. The molecule has 1 aliphatic rings. The average molecular weight is 315 g/mol. The van der Waals surface area contributed by atoms with Crippen LogP contribution in [0.15, 0.2) is 24.3 Å². The highest BCUT2D eigenvalue weighted by Gasteiger charge is 2.24. The lowest BCUT2D eigenvalue weighted by molar-refractivity contribution is 0.102. The quantitative estimate of drug-likeness (QED) is 0.927. The van der Waals surface area contributed by atoms with Crippen LogP contribution in [0, 0.1) is 17.1 Å². The fraction of sp³-hybridized carbons (Fsp3) is 0.250. The van der Waals surface area contributed by atoms with Crippen LogP contribution < -0.4 is 5.32 Å². The molecule has 1 amide bonds.